The van der Waals surface area contributed by atoms with Gasteiger partial charge in [-0.15, -0.1) is 0 Å². The number of nitrogens with one attached hydrogen (secondary N) is 1. The van der Waals surface area contributed by atoms with Crippen LogP contribution in [0.2, 0.25) is 5.15 Å². The lowest BCUT2D eigenvalue weighted by atomic mass is 9.92. The summed E-state index contributed by atoms with van der Waals surface area (Å²) in [6, 6.07) is 4.70. The summed E-state index contributed by atoms with van der Waals surface area (Å²) in [5.41, 5.74) is -2.29. The van der Waals surface area contributed by atoms with Crippen molar-refractivity contribution in [1.29, 1.82) is 0 Å². The Labute approximate surface area is 134 Å². The molecule has 0 saturated carbocycles. The molecule has 1 aromatic heterocycles. The maximum atomic E-state index is 14.8. The molecule has 122 valence electrons. The number of pyridine rings is 1. The molecule has 0 spiro atoms. The van der Waals surface area contributed by atoms with Gasteiger partial charge in [0.05, 0.1) is 11.1 Å². The summed E-state index contributed by atoms with van der Waals surface area (Å²) in [4.78, 5) is 14.5. The van der Waals surface area contributed by atoms with E-state index >= 15 is 0 Å². The molecule has 23 heavy (non-hydrogen) atoms. The topological polar surface area (TPSA) is 62.2 Å². The van der Waals surface area contributed by atoms with E-state index in [4.69, 9.17) is 16.7 Å². The number of benzene rings is 1. The van der Waals surface area contributed by atoms with E-state index in [0.29, 0.717) is 0 Å². The molecule has 1 aromatic carbocycles. The summed E-state index contributed by atoms with van der Waals surface area (Å²) < 4.78 is 42.0. The highest BCUT2D eigenvalue weighted by Gasteiger charge is 2.33. The first kappa shape index (κ1) is 17.1. The standard InChI is InChI=1S/C15H12ClF3N2O2/c1-15(2,21-14(22)23)9-10(18)12(20-13(16)11(9)19)7-3-5-8(17)6-4-7/h3-6,21H,1-2H3,(H,22,23). The molecule has 0 bridgehead atoms. The summed E-state index contributed by atoms with van der Waals surface area (Å²) in [6.45, 7) is 2.57. The lowest BCUT2D eigenvalue weighted by Crippen LogP contribution is -2.41. The Morgan fingerprint density at radius 2 is 1.74 bits per heavy atom. The predicted molar refractivity (Wildman–Crippen MR) is 78.7 cm³/mol. The van der Waals surface area contributed by atoms with Gasteiger partial charge < -0.3 is 10.4 Å². The van der Waals surface area contributed by atoms with Gasteiger partial charge in [-0.3, -0.25) is 0 Å². The number of hydrogen-bond donors (Lipinski definition) is 2. The van der Waals surface area contributed by atoms with Gasteiger partial charge in [0.25, 0.3) is 0 Å². The smallest absolute Gasteiger partial charge is 0.405 e. The minimum atomic E-state index is -1.60. The van der Waals surface area contributed by atoms with E-state index in [0.717, 1.165) is 12.1 Å². The van der Waals surface area contributed by atoms with E-state index in [1.54, 1.807) is 0 Å². The van der Waals surface area contributed by atoms with Crippen molar-refractivity contribution in [2.75, 3.05) is 0 Å². The zero-order chi connectivity index (χ0) is 17.4. The van der Waals surface area contributed by atoms with Crippen molar-refractivity contribution in [3.05, 3.63) is 52.4 Å². The largest absolute Gasteiger partial charge is 0.465 e. The van der Waals surface area contributed by atoms with Gasteiger partial charge in [0.1, 0.15) is 11.5 Å². The fourth-order valence-electron chi connectivity index (χ4n) is 2.19. The highest BCUT2D eigenvalue weighted by atomic mass is 35.5. The summed E-state index contributed by atoms with van der Waals surface area (Å²) in [5, 5.41) is 10.2. The molecular formula is C15H12ClF3N2O2. The number of halogens is 4. The fourth-order valence-corrected chi connectivity index (χ4v) is 2.37. The molecular weight excluding hydrogens is 333 g/mol. The average Bonchev–Trinajstić information content (AvgIpc) is 2.42. The van der Waals surface area contributed by atoms with Crippen LogP contribution < -0.4 is 5.32 Å². The van der Waals surface area contributed by atoms with Crippen LogP contribution in [0.1, 0.15) is 19.4 Å². The third-order valence-electron chi connectivity index (χ3n) is 3.20. The van der Waals surface area contributed by atoms with Gasteiger partial charge in [0.15, 0.2) is 16.8 Å². The van der Waals surface area contributed by atoms with E-state index in [1.165, 1.54) is 26.0 Å². The summed E-state index contributed by atoms with van der Waals surface area (Å²) >= 11 is 5.71. The first-order valence-electron chi connectivity index (χ1n) is 6.45. The molecule has 0 saturated heterocycles. The van der Waals surface area contributed by atoms with Gasteiger partial charge in [-0.1, -0.05) is 11.6 Å². The van der Waals surface area contributed by atoms with E-state index in [1.807, 2.05) is 5.32 Å². The number of hydrogen-bond acceptors (Lipinski definition) is 2. The first-order valence-corrected chi connectivity index (χ1v) is 6.83. The van der Waals surface area contributed by atoms with Crippen molar-refractivity contribution < 1.29 is 23.1 Å². The summed E-state index contributed by atoms with van der Waals surface area (Å²) in [6.07, 6.45) is -1.45. The van der Waals surface area contributed by atoms with Crippen LogP contribution in [0.4, 0.5) is 18.0 Å². The third kappa shape index (κ3) is 3.39. The third-order valence-corrected chi connectivity index (χ3v) is 3.45. The lowest BCUT2D eigenvalue weighted by Gasteiger charge is -2.27. The van der Waals surface area contributed by atoms with Crippen LogP contribution in [0.5, 0.6) is 0 Å². The van der Waals surface area contributed by atoms with E-state index in [9.17, 15) is 18.0 Å². The van der Waals surface area contributed by atoms with Crippen molar-refractivity contribution in [3.63, 3.8) is 0 Å². The Morgan fingerprint density at radius 3 is 2.26 bits per heavy atom. The van der Waals surface area contributed by atoms with Crippen LogP contribution in [0, 0.1) is 17.5 Å². The quantitative estimate of drug-likeness (QED) is 0.815. The van der Waals surface area contributed by atoms with Gasteiger partial charge in [0, 0.05) is 5.56 Å². The predicted octanol–water partition coefficient (Wildman–Crippen LogP) is 4.32. The molecule has 0 atom stereocenters. The zero-order valence-electron chi connectivity index (χ0n) is 12.1. The van der Waals surface area contributed by atoms with Gasteiger partial charge in [-0.2, -0.15) is 0 Å². The molecule has 0 unspecified atom stereocenters. The Bertz CT molecular complexity index is 764. The minimum absolute atomic E-state index is 0.179. The SMILES string of the molecule is CC(C)(NC(=O)O)c1c(F)c(Cl)nc(-c2ccc(F)cc2)c1F. The average molecular weight is 345 g/mol. The summed E-state index contributed by atoms with van der Waals surface area (Å²) in [7, 11) is 0. The number of nitrogens with zero attached hydrogens (tertiary/aromatic N) is 1. The number of rotatable bonds is 3. The number of carboxylic acid groups (broad SMARTS) is 1. The molecule has 0 aliphatic heterocycles. The molecule has 2 N–H and O–H groups in total. The number of carbonyl (C=O) groups is 1. The normalized spacial score (nSPS) is 11.4. The van der Waals surface area contributed by atoms with Gasteiger partial charge in [0.2, 0.25) is 0 Å². The Morgan fingerprint density at radius 1 is 1.17 bits per heavy atom. The molecule has 0 radical (unpaired) electrons. The van der Waals surface area contributed by atoms with Crippen LogP contribution in [0.3, 0.4) is 0 Å². The highest BCUT2D eigenvalue weighted by Crippen LogP contribution is 2.34. The highest BCUT2D eigenvalue weighted by molar-refractivity contribution is 6.29. The molecule has 0 aliphatic rings. The molecule has 2 aromatic rings. The zero-order valence-corrected chi connectivity index (χ0v) is 12.9. The lowest BCUT2D eigenvalue weighted by molar-refractivity contribution is 0.181. The number of amides is 1. The summed E-state index contributed by atoms with van der Waals surface area (Å²) in [5.74, 6) is -2.76. The van der Waals surface area contributed by atoms with Crippen LogP contribution in [0.15, 0.2) is 24.3 Å². The second kappa shape index (κ2) is 6.08. The molecule has 8 heteroatoms. The van der Waals surface area contributed by atoms with Crippen LogP contribution in [-0.4, -0.2) is 16.2 Å². The maximum absolute atomic E-state index is 14.8. The van der Waals surface area contributed by atoms with Crippen molar-refractivity contribution in [2.24, 2.45) is 0 Å². The van der Waals surface area contributed by atoms with Crippen molar-refractivity contribution >= 4 is 17.7 Å². The minimum Gasteiger partial charge on any atom is -0.465 e. The maximum Gasteiger partial charge on any atom is 0.405 e. The van der Waals surface area contributed by atoms with Gasteiger partial charge in [-0.25, -0.2) is 22.9 Å². The van der Waals surface area contributed by atoms with Crippen molar-refractivity contribution in [2.45, 2.75) is 19.4 Å². The fraction of sp³-hybridized carbons (Fsp3) is 0.200. The van der Waals surface area contributed by atoms with E-state index in [-0.39, 0.29) is 11.3 Å². The Hall–Kier alpha value is -2.28. The molecule has 0 fully saturated rings. The molecule has 1 amide bonds. The monoisotopic (exact) mass is 344 g/mol. The molecule has 4 nitrogen and oxygen atoms in total. The van der Waals surface area contributed by atoms with Crippen LogP contribution in [0.25, 0.3) is 11.3 Å². The van der Waals surface area contributed by atoms with Gasteiger partial charge >= 0.3 is 6.09 Å². The van der Waals surface area contributed by atoms with Crippen LogP contribution in [-0.2, 0) is 5.54 Å². The van der Waals surface area contributed by atoms with Crippen LogP contribution >= 0.6 is 11.6 Å². The number of aromatic nitrogens is 1. The second-order valence-corrected chi connectivity index (χ2v) is 5.67. The molecule has 2 rings (SSSR count). The molecule has 0 aliphatic carbocycles. The Balaban J connectivity index is 2.69. The van der Waals surface area contributed by atoms with E-state index in [2.05, 4.69) is 4.98 Å². The second-order valence-electron chi connectivity index (χ2n) is 5.32. The molecule has 1 heterocycles. The first-order chi connectivity index (χ1) is 10.6. The Kier molecular flexibility index (Phi) is 4.51. The van der Waals surface area contributed by atoms with E-state index < -0.39 is 39.8 Å². The van der Waals surface area contributed by atoms with Gasteiger partial charge in [-0.05, 0) is 38.1 Å². The van der Waals surface area contributed by atoms with Crippen molar-refractivity contribution in [3.8, 4) is 11.3 Å². The van der Waals surface area contributed by atoms with Crippen molar-refractivity contribution in [1.82, 2.24) is 10.3 Å².